The first-order valence-corrected chi connectivity index (χ1v) is 6.78. The van der Waals surface area contributed by atoms with E-state index in [9.17, 15) is 9.90 Å². The van der Waals surface area contributed by atoms with Crippen LogP contribution in [0, 0.1) is 0 Å². The number of allylic oxidation sites excluding steroid dienone is 1. The number of hydrogen-bond acceptors (Lipinski definition) is 3. The molecule has 1 aliphatic carbocycles. The van der Waals surface area contributed by atoms with Crippen molar-refractivity contribution in [1.82, 2.24) is 0 Å². The number of benzene rings is 2. The van der Waals surface area contributed by atoms with Crippen molar-refractivity contribution < 1.29 is 14.6 Å². The summed E-state index contributed by atoms with van der Waals surface area (Å²) < 4.78 is 4.83. The van der Waals surface area contributed by atoms with Gasteiger partial charge in [0, 0.05) is 0 Å². The molecule has 0 unspecified atom stereocenters. The number of rotatable bonds is 2. The molecule has 1 atom stereocenters. The molecule has 3 nitrogen and oxygen atoms in total. The van der Waals surface area contributed by atoms with E-state index in [2.05, 4.69) is 0 Å². The fraction of sp³-hybridized carbons (Fsp3) is 0.167. The lowest BCUT2D eigenvalue weighted by Gasteiger charge is -2.26. The van der Waals surface area contributed by atoms with Gasteiger partial charge in [-0.15, -0.1) is 0 Å². The van der Waals surface area contributed by atoms with E-state index >= 15 is 0 Å². The maximum absolute atomic E-state index is 12.1. The second-order valence-electron chi connectivity index (χ2n) is 5.25. The van der Waals surface area contributed by atoms with Crippen molar-refractivity contribution in [2.24, 2.45) is 0 Å². The molecule has 0 spiro atoms. The van der Waals surface area contributed by atoms with E-state index in [4.69, 9.17) is 4.74 Å². The topological polar surface area (TPSA) is 46.5 Å². The first kappa shape index (κ1) is 13.4. The monoisotopic (exact) mass is 280 g/mol. The molecule has 2 aromatic rings. The lowest BCUT2D eigenvalue weighted by atomic mass is 9.77. The van der Waals surface area contributed by atoms with Gasteiger partial charge in [0.05, 0.1) is 12.5 Å². The predicted molar refractivity (Wildman–Crippen MR) is 80.9 cm³/mol. The number of ether oxygens (including phenoxy) is 1. The van der Waals surface area contributed by atoms with E-state index in [1.807, 2.05) is 61.5 Å². The molecule has 3 heteroatoms. The summed E-state index contributed by atoms with van der Waals surface area (Å²) in [5.41, 5.74) is 2.09. The molecular formula is C18H16O3. The largest absolute Gasteiger partial charge is 0.510 e. The van der Waals surface area contributed by atoms with Crippen molar-refractivity contribution in [3.8, 4) is 0 Å². The molecule has 0 saturated carbocycles. The van der Waals surface area contributed by atoms with Gasteiger partial charge in [-0.05, 0) is 23.6 Å². The smallest absolute Gasteiger partial charge is 0.341 e. The zero-order valence-electron chi connectivity index (χ0n) is 12.0. The minimum Gasteiger partial charge on any atom is -0.510 e. The molecule has 0 aromatic heterocycles. The Balaban J connectivity index is 2.31. The van der Waals surface area contributed by atoms with Gasteiger partial charge in [-0.25, -0.2) is 4.79 Å². The second kappa shape index (κ2) is 4.77. The van der Waals surface area contributed by atoms with E-state index in [0.717, 1.165) is 16.7 Å². The Kier molecular flexibility index (Phi) is 3.05. The highest BCUT2D eigenvalue weighted by molar-refractivity contribution is 6.19. The Morgan fingerprint density at radius 2 is 1.67 bits per heavy atom. The third-order valence-corrected chi connectivity index (χ3v) is 4.19. The normalized spacial score (nSPS) is 20.3. The maximum atomic E-state index is 12.1. The highest BCUT2D eigenvalue weighted by Crippen LogP contribution is 2.49. The summed E-state index contributed by atoms with van der Waals surface area (Å²) in [5.74, 6) is -0.471. The molecule has 1 aliphatic rings. The number of hydrogen-bond donors (Lipinski definition) is 1. The molecular weight excluding hydrogens is 264 g/mol. The van der Waals surface area contributed by atoms with E-state index in [-0.39, 0.29) is 11.3 Å². The van der Waals surface area contributed by atoms with Crippen LogP contribution in [0.25, 0.3) is 5.57 Å². The zero-order chi connectivity index (χ0) is 15.0. The summed E-state index contributed by atoms with van der Waals surface area (Å²) in [7, 11) is 1.32. The van der Waals surface area contributed by atoms with Crippen LogP contribution >= 0.6 is 0 Å². The Labute approximate surface area is 123 Å². The fourth-order valence-corrected chi connectivity index (χ4v) is 3.01. The molecule has 2 aromatic carbocycles. The first-order valence-electron chi connectivity index (χ1n) is 6.78. The van der Waals surface area contributed by atoms with Crippen molar-refractivity contribution in [1.29, 1.82) is 0 Å². The summed E-state index contributed by atoms with van der Waals surface area (Å²) >= 11 is 0. The lowest BCUT2D eigenvalue weighted by molar-refractivity contribution is -0.133. The van der Waals surface area contributed by atoms with Gasteiger partial charge in [-0.3, -0.25) is 0 Å². The van der Waals surface area contributed by atoms with Gasteiger partial charge >= 0.3 is 5.97 Å². The van der Waals surface area contributed by atoms with Crippen LogP contribution in [0.4, 0.5) is 0 Å². The third kappa shape index (κ3) is 1.77. The summed E-state index contributed by atoms with van der Waals surface area (Å²) in [4.78, 5) is 12.1. The Morgan fingerprint density at radius 1 is 1.05 bits per heavy atom. The minimum absolute atomic E-state index is 0.0433. The minimum atomic E-state index is -0.735. The lowest BCUT2D eigenvalue weighted by Crippen LogP contribution is -2.24. The number of methoxy groups -OCH3 is 1. The van der Waals surface area contributed by atoms with Crippen LogP contribution in [-0.4, -0.2) is 18.2 Å². The van der Waals surface area contributed by atoms with Gasteiger partial charge in [0.2, 0.25) is 0 Å². The molecule has 0 aliphatic heterocycles. The average molecular weight is 280 g/mol. The van der Waals surface area contributed by atoms with Gasteiger partial charge in [-0.1, -0.05) is 54.6 Å². The van der Waals surface area contributed by atoms with E-state index in [1.54, 1.807) is 0 Å². The first-order chi connectivity index (χ1) is 10.1. The summed E-state index contributed by atoms with van der Waals surface area (Å²) in [6.07, 6.45) is 0. The molecule has 1 N–H and O–H groups in total. The maximum Gasteiger partial charge on any atom is 0.341 e. The predicted octanol–water partition coefficient (Wildman–Crippen LogP) is 3.45. The quantitative estimate of drug-likeness (QED) is 0.857. The van der Waals surface area contributed by atoms with E-state index in [0.29, 0.717) is 0 Å². The van der Waals surface area contributed by atoms with Crippen molar-refractivity contribution in [2.75, 3.05) is 7.11 Å². The molecule has 3 rings (SSSR count). The van der Waals surface area contributed by atoms with Crippen LogP contribution in [0.1, 0.15) is 23.6 Å². The van der Waals surface area contributed by atoms with E-state index in [1.165, 1.54) is 7.11 Å². The molecule has 0 radical (unpaired) electrons. The highest BCUT2D eigenvalue weighted by Gasteiger charge is 2.45. The SMILES string of the molecule is COC(=O)C1=C(O)[C@@](C)(c2ccccc2)c2ccccc21. The van der Waals surface area contributed by atoms with Gasteiger partial charge in [-0.2, -0.15) is 0 Å². The molecule has 106 valence electrons. The standard InChI is InChI=1S/C18H16O3/c1-18(12-8-4-3-5-9-12)14-11-7-6-10-13(14)15(16(18)19)17(20)21-2/h3-11,19H,1-2H3/t18-/m0/s1. The Bertz CT molecular complexity index is 731. The van der Waals surface area contributed by atoms with Crippen molar-refractivity contribution in [2.45, 2.75) is 12.3 Å². The van der Waals surface area contributed by atoms with Crippen molar-refractivity contribution in [3.05, 3.63) is 77.0 Å². The average Bonchev–Trinajstić information content (AvgIpc) is 2.77. The number of carbonyl (C=O) groups excluding carboxylic acids is 1. The van der Waals surface area contributed by atoms with Crippen molar-refractivity contribution >= 4 is 11.5 Å². The van der Waals surface area contributed by atoms with Gasteiger partial charge in [0.15, 0.2) is 0 Å². The molecule has 21 heavy (non-hydrogen) atoms. The fourth-order valence-electron chi connectivity index (χ4n) is 3.01. The summed E-state index contributed by atoms with van der Waals surface area (Å²) in [6, 6.07) is 17.2. The molecule has 0 amide bonds. The number of carbonyl (C=O) groups is 1. The number of aliphatic hydroxyl groups excluding tert-OH is 1. The Morgan fingerprint density at radius 3 is 2.33 bits per heavy atom. The van der Waals surface area contributed by atoms with Gasteiger partial charge in [0.1, 0.15) is 11.3 Å². The number of fused-ring (bicyclic) bond motifs is 1. The highest BCUT2D eigenvalue weighted by atomic mass is 16.5. The molecule has 0 bridgehead atoms. The van der Waals surface area contributed by atoms with Crippen LogP contribution in [0.3, 0.4) is 0 Å². The third-order valence-electron chi connectivity index (χ3n) is 4.19. The van der Waals surface area contributed by atoms with Crippen LogP contribution in [-0.2, 0) is 14.9 Å². The number of aliphatic hydroxyl groups is 1. The molecule has 0 heterocycles. The van der Waals surface area contributed by atoms with Gasteiger partial charge in [0.25, 0.3) is 0 Å². The summed E-state index contributed by atoms with van der Waals surface area (Å²) in [5, 5.41) is 10.8. The van der Waals surface area contributed by atoms with Gasteiger partial charge < -0.3 is 9.84 Å². The number of esters is 1. The zero-order valence-corrected chi connectivity index (χ0v) is 12.0. The van der Waals surface area contributed by atoms with Crippen LogP contribution in [0.5, 0.6) is 0 Å². The van der Waals surface area contributed by atoms with E-state index < -0.39 is 11.4 Å². The molecule has 0 saturated heterocycles. The van der Waals surface area contributed by atoms with Crippen molar-refractivity contribution in [3.63, 3.8) is 0 Å². The Hall–Kier alpha value is -2.55. The second-order valence-corrected chi connectivity index (χ2v) is 5.25. The van der Waals surface area contributed by atoms with Crippen LogP contribution in [0.15, 0.2) is 60.4 Å². The molecule has 0 fully saturated rings. The summed E-state index contributed by atoms with van der Waals surface area (Å²) in [6.45, 7) is 1.92. The van der Waals surface area contributed by atoms with Crippen LogP contribution < -0.4 is 0 Å². The van der Waals surface area contributed by atoms with Crippen LogP contribution in [0.2, 0.25) is 0 Å².